The second-order valence-corrected chi connectivity index (χ2v) is 8.19. The number of carboxylic acids is 1. The Labute approximate surface area is 187 Å². The summed E-state index contributed by atoms with van der Waals surface area (Å²) >= 11 is 5.69. The number of pyridine rings is 1. The van der Waals surface area contributed by atoms with E-state index in [4.69, 9.17) is 12.2 Å². The van der Waals surface area contributed by atoms with Crippen molar-refractivity contribution in [2.75, 3.05) is 6.54 Å². The zero-order valence-corrected chi connectivity index (χ0v) is 18.7. The molecule has 1 aliphatic heterocycles. The molecule has 3 heterocycles. The number of carboxylic acid groups (broad SMARTS) is 1. The lowest BCUT2D eigenvalue weighted by atomic mass is 9.96. The summed E-state index contributed by atoms with van der Waals surface area (Å²) in [6.45, 7) is 7.02. The fourth-order valence-corrected chi connectivity index (χ4v) is 4.86. The molecule has 2 N–H and O–H groups in total. The first-order valence-electron chi connectivity index (χ1n) is 10.4. The van der Waals surface area contributed by atoms with Crippen LogP contribution in [0, 0.1) is 13.8 Å². The summed E-state index contributed by atoms with van der Waals surface area (Å²) in [7, 11) is 0. The largest absolute Gasteiger partial charge is 0.478 e. The Bertz CT molecular complexity index is 1130. The first-order chi connectivity index (χ1) is 14.9. The van der Waals surface area contributed by atoms with Gasteiger partial charge >= 0.3 is 5.97 Å². The predicted molar refractivity (Wildman–Crippen MR) is 125 cm³/mol. The van der Waals surface area contributed by atoms with E-state index in [2.05, 4.69) is 28.2 Å². The van der Waals surface area contributed by atoms with E-state index in [1.807, 2.05) is 48.7 Å². The van der Waals surface area contributed by atoms with Gasteiger partial charge in [0.1, 0.15) is 0 Å². The van der Waals surface area contributed by atoms with Crippen molar-refractivity contribution in [3.8, 4) is 5.69 Å². The first kappa shape index (κ1) is 21.1. The molecule has 0 bridgehead atoms. The third-order valence-electron chi connectivity index (χ3n) is 5.83. The van der Waals surface area contributed by atoms with E-state index in [-0.39, 0.29) is 17.6 Å². The van der Waals surface area contributed by atoms with Crippen molar-refractivity contribution in [3.05, 3.63) is 82.9 Å². The highest BCUT2D eigenvalue weighted by Gasteiger charge is 2.41. The molecule has 2 atom stereocenters. The Morgan fingerprint density at radius 1 is 1.19 bits per heavy atom. The molecule has 6 nitrogen and oxygen atoms in total. The third-order valence-corrected chi connectivity index (χ3v) is 6.18. The molecule has 160 valence electrons. The van der Waals surface area contributed by atoms with Gasteiger partial charge in [-0.15, -0.1) is 0 Å². The molecular weight excluding hydrogens is 408 g/mol. The summed E-state index contributed by atoms with van der Waals surface area (Å²) in [4.78, 5) is 18.7. The van der Waals surface area contributed by atoms with Crippen LogP contribution in [0.2, 0.25) is 0 Å². The zero-order valence-electron chi connectivity index (χ0n) is 17.9. The number of thiocarbonyl (C=S) groups is 1. The molecule has 1 aromatic carbocycles. The van der Waals surface area contributed by atoms with Gasteiger partial charge in [-0.25, -0.2) is 4.79 Å². The van der Waals surface area contributed by atoms with E-state index in [0.717, 1.165) is 40.7 Å². The van der Waals surface area contributed by atoms with Crippen LogP contribution in [0.25, 0.3) is 5.69 Å². The lowest BCUT2D eigenvalue weighted by molar-refractivity contribution is 0.0697. The second-order valence-electron chi connectivity index (χ2n) is 7.80. The van der Waals surface area contributed by atoms with Gasteiger partial charge in [-0.2, -0.15) is 0 Å². The minimum atomic E-state index is -0.938. The molecule has 2 aromatic heterocycles. The molecular formula is C24H26N4O2S. The van der Waals surface area contributed by atoms with Gasteiger partial charge in [-0.05, 0) is 68.4 Å². The summed E-state index contributed by atoms with van der Waals surface area (Å²) in [5, 5.41) is 13.9. The molecule has 7 heteroatoms. The van der Waals surface area contributed by atoms with Crippen LogP contribution < -0.4 is 5.32 Å². The Morgan fingerprint density at radius 2 is 1.94 bits per heavy atom. The third kappa shape index (κ3) is 3.70. The molecule has 1 saturated heterocycles. The monoisotopic (exact) mass is 434 g/mol. The van der Waals surface area contributed by atoms with E-state index < -0.39 is 5.97 Å². The first-order valence-corrected chi connectivity index (χ1v) is 10.8. The van der Waals surface area contributed by atoms with Gasteiger partial charge in [0, 0.05) is 24.1 Å². The van der Waals surface area contributed by atoms with Crippen LogP contribution in [0.3, 0.4) is 0 Å². The quantitative estimate of drug-likeness (QED) is 0.554. The minimum Gasteiger partial charge on any atom is -0.478 e. The highest BCUT2D eigenvalue weighted by molar-refractivity contribution is 7.80. The predicted octanol–water partition coefficient (Wildman–Crippen LogP) is 4.57. The maximum Gasteiger partial charge on any atom is 0.337 e. The molecule has 4 rings (SSSR count). The van der Waals surface area contributed by atoms with Gasteiger partial charge in [-0.3, -0.25) is 4.98 Å². The highest BCUT2D eigenvalue weighted by Crippen LogP contribution is 2.41. The molecule has 0 amide bonds. The van der Waals surface area contributed by atoms with Crippen molar-refractivity contribution in [2.24, 2.45) is 0 Å². The number of hydrogen-bond acceptors (Lipinski definition) is 3. The smallest absolute Gasteiger partial charge is 0.337 e. The molecule has 0 aliphatic carbocycles. The van der Waals surface area contributed by atoms with Crippen molar-refractivity contribution in [1.82, 2.24) is 19.8 Å². The molecule has 1 fully saturated rings. The molecule has 31 heavy (non-hydrogen) atoms. The molecule has 0 radical (unpaired) electrons. The van der Waals surface area contributed by atoms with Gasteiger partial charge in [0.25, 0.3) is 0 Å². The maximum atomic E-state index is 11.8. The second kappa shape index (κ2) is 8.51. The number of aromatic carboxylic acids is 1. The van der Waals surface area contributed by atoms with Crippen LogP contribution >= 0.6 is 12.2 Å². The molecule has 1 aliphatic rings. The topological polar surface area (TPSA) is 70.4 Å². The zero-order chi connectivity index (χ0) is 22.1. The van der Waals surface area contributed by atoms with Crippen LogP contribution in [-0.4, -0.2) is 37.2 Å². The summed E-state index contributed by atoms with van der Waals surface area (Å²) in [5.41, 5.74) is 4.99. The van der Waals surface area contributed by atoms with Crippen LogP contribution in [0.4, 0.5) is 0 Å². The van der Waals surface area contributed by atoms with Crippen molar-refractivity contribution >= 4 is 23.3 Å². The van der Waals surface area contributed by atoms with Crippen molar-refractivity contribution in [2.45, 2.75) is 39.3 Å². The van der Waals surface area contributed by atoms with Crippen molar-refractivity contribution in [1.29, 1.82) is 0 Å². The SMILES string of the molecule is CCCN1C(=S)N[C@@H](c2ccccn2)[C@H]1c1cc(C)n(-c2ccccc2C(=O)O)c1C. The Balaban J connectivity index is 1.87. The number of para-hydroxylation sites is 1. The number of aromatic nitrogens is 2. The van der Waals surface area contributed by atoms with Gasteiger partial charge in [0.2, 0.25) is 0 Å². The molecule has 0 spiro atoms. The lowest BCUT2D eigenvalue weighted by Gasteiger charge is -2.28. The number of nitrogens with zero attached hydrogens (tertiary/aromatic N) is 3. The number of nitrogens with one attached hydrogen (secondary N) is 1. The molecule has 0 saturated carbocycles. The normalized spacial score (nSPS) is 18.3. The lowest BCUT2D eigenvalue weighted by Crippen LogP contribution is -2.30. The average Bonchev–Trinajstić information content (AvgIpc) is 3.24. The number of carbonyl (C=O) groups is 1. The van der Waals surface area contributed by atoms with Gasteiger partial charge < -0.3 is 19.9 Å². The van der Waals surface area contributed by atoms with Crippen LogP contribution in [-0.2, 0) is 0 Å². The fraction of sp³-hybridized carbons (Fsp3) is 0.292. The minimum absolute atomic E-state index is 0.0284. The number of benzene rings is 1. The van der Waals surface area contributed by atoms with Gasteiger partial charge in [-0.1, -0.05) is 25.1 Å². The number of rotatable bonds is 6. The number of hydrogen-bond donors (Lipinski definition) is 2. The molecule has 0 unspecified atom stereocenters. The Morgan fingerprint density at radius 3 is 2.61 bits per heavy atom. The Hall–Kier alpha value is -3.19. The van der Waals surface area contributed by atoms with E-state index in [1.165, 1.54) is 0 Å². The summed E-state index contributed by atoms with van der Waals surface area (Å²) in [6, 6.07) is 15.1. The average molecular weight is 435 g/mol. The van der Waals surface area contributed by atoms with E-state index >= 15 is 0 Å². The van der Waals surface area contributed by atoms with Crippen molar-refractivity contribution in [3.63, 3.8) is 0 Å². The van der Waals surface area contributed by atoms with Crippen molar-refractivity contribution < 1.29 is 9.90 Å². The van der Waals surface area contributed by atoms with E-state index in [9.17, 15) is 9.90 Å². The van der Waals surface area contributed by atoms with E-state index in [0.29, 0.717) is 5.69 Å². The van der Waals surface area contributed by atoms with E-state index in [1.54, 1.807) is 18.3 Å². The summed E-state index contributed by atoms with van der Waals surface area (Å²) in [6.07, 6.45) is 2.76. The summed E-state index contributed by atoms with van der Waals surface area (Å²) in [5.74, 6) is -0.938. The highest BCUT2D eigenvalue weighted by atomic mass is 32.1. The number of aryl methyl sites for hydroxylation is 1. The Kier molecular flexibility index (Phi) is 5.78. The van der Waals surface area contributed by atoms with Crippen LogP contribution in [0.1, 0.15) is 58.4 Å². The maximum absolute atomic E-state index is 11.8. The van der Waals surface area contributed by atoms with Gasteiger partial charge in [0.15, 0.2) is 5.11 Å². The molecule has 3 aromatic rings. The van der Waals surface area contributed by atoms with Crippen LogP contribution in [0.5, 0.6) is 0 Å². The van der Waals surface area contributed by atoms with Gasteiger partial charge in [0.05, 0.1) is 29.0 Å². The van der Waals surface area contributed by atoms with Crippen LogP contribution in [0.15, 0.2) is 54.7 Å². The summed E-state index contributed by atoms with van der Waals surface area (Å²) < 4.78 is 2.03. The standard InChI is InChI=1S/C24H26N4O2S/c1-4-13-27-22(21(26-24(27)31)19-10-7-8-12-25-19)18-14-15(2)28(16(18)3)20-11-6-5-9-17(20)23(29)30/h5-12,14,21-22H,4,13H2,1-3H3,(H,26,31)(H,29,30)/t21-,22+/m0/s1. The fourth-order valence-electron chi connectivity index (χ4n) is 4.53.